The fourth-order valence-electron chi connectivity index (χ4n) is 2.14. The maximum Gasteiger partial charge on any atom is 0.405 e. The summed E-state index contributed by atoms with van der Waals surface area (Å²) in [4.78, 5) is 11.0. The summed E-state index contributed by atoms with van der Waals surface area (Å²) in [5, 5.41) is 20.0. The van der Waals surface area contributed by atoms with Crippen LogP contribution in [0.25, 0.3) is 10.8 Å². The molecule has 2 rings (SSSR count). The van der Waals surface area contributed by atoms with Crippen molar-refractivity contribution in [2.45, 2.75) is 25.2 Å². The molecule has 0 aromatic heterocycles. The Morgan fingerprint density at radius 1 is 1.10 bits per heavy atom. The Balaban J connectivity index is 2.26. The molecule has 0 aliphatic heterocycles. The lowest BCUT2D eigenvalue weighted by Crippen LogP contribution is -2.19. The van der Waals surface area contributed by atoms with Crippen LogP contribution in [0.1, 0.15) is 24.5 Å². The molecule has 1 atom stereocenters. The number of aliphatic hydroxyl groups excluding tert-OH is 1. The van der Waals surface area contributed by atoms with E-state index >= 15 is 0 Å². The monoisotopic (exact) mass is 275 g/mol. The van der Waals surface area contributed by atoms with Gasteiger partial charge in [-0.05, 0) is 28.8 Å². The van der Waals surface area contributed by atoms with Gasteiger partial charge in [-0.1, -0.05) is 36.4 Å². The highest BCUT2D eigenvalue weighted by Crippen LogP contribution is 2.26. The lowest BCUT2D eigenvalue weighted by molar-refractivity contribution is -0.0537. The van der Waals surface area contributed by atoms with E-state index in [1.807, 2.05) is 42.5 Å². The van der Waals surface area contributed by atoms with Crippen LogP contribution in [0.2, 0.25) is 0 Å². The summed E-state index contributed by atoms with van der Waals surface area (Å²) in [5.41, 5.74) is 5.84. The molecule has 0 saturated carbocycles. The van der Waals surface area contributed by atoms with Crippen molar-refractivity contribution in [3.63, 3.8) is 0 Å². The van der Waals surface area contributed by atoms with E-state index < -0.39 is 18.5 Å². The molecule has 0 bridgehead atoms. The van der Waals surface area contributed by atoms with Crippen molar-refractivity contribution in [2.24, 2.45) is 5.73 Å². The molecule has 0 aliphatic rings. The fourth-order valence-corrected chi connectivity index (χ4v) is 2.14. The average molecular weight is 275 g/mol. The second-order valence-corrected chi connectivity index (χ2v) is 4.59. The Labute approximate surface area is 116 Å². The summed E-state index contributed by atoms with van der Waals surface area (Å²) in [5.74, 6) is 0. The van der Waals surface area contributed by atoms with Crippen molar-refractivity contribution in [1.29, 1.82) is 0 Å². The van der Waals surface area contributed by atoms with Crippen LogP contribution in [0, 0.1) is 0 Å². The van der Waals surface area contributed by atoms with Gasteiger partial charge in [-0.25, -0.2) is 4.79 Å². The normalized spacial score (nSPS) is 12.6. The molecule has 1 unspecified atom stereocenters. The van der Waals surface area contributed by atoms with E-state index in [1.165, 1.54) is 0 Å². The Morgan fingerprint density at radius 3 is 2.45 bits per heavy atom. The zero-order valence-corrected chi connectivity index (χ0v) is 10.9. The van der Waals surface area contributed by atoms with Gasteiger partial charge < -0.3 is 20.7 Å². The molecule has 0 aliphatic carbocycles. The molecule has 0 saturated heterocycles. The minimum atomic E-state index is -1.44. The second-order valence-electron chi connectivity index (χ2n) is 4.59. The largest absolute Gasteiger partial charge is 0.442 e. The molecular formula is C15H17NO4. The molecule has 0 spiro atoms. The number of hydrogen-bond donors (Lipinski definition) is 3. The molecule has 4 N–H and O–H groups in total. The predicted octanol–water partition coefficient (Wildman–Crippen LogP) is 2.07. The van der Waals surface area contributed by atoms with Crippen LogP contribution in [-0.4, -0.2) is 22.6 Å². The summed E-state index contributed by atoms with van der Waals surface area (Å²) in [6.07, 6.45) is -2.51. The maximum atomic E-state index is 11.0. The number of hydrogen-bond acceptors (Lipinski definition) is 4. The highest BCUT2D eigenvalue weighted by Gasteiger charge is 2.17. The standard InChI is InChI=1S/C15H17NO4/c16-15(19)20-13(7-8-14(17)18)12-6-5-10-3-1-2-4-11(10)9-12/h1-6,9,13-14,17-18H,7-8H2,(H2,16,19). The van der Waals surface area contributed by atoms with Crippen LogP contribution < -0.4 is 5.73 Å². The van der Waals surface area contributed by atoms with Gasteiger partial charge in [0.25, 0.3) is 0 Å². The first-order valence-corrected chi connectivity index (χ1v) is 6.37. The minimum absolute atomic E-state index is 0.102. The van der Waals surface area contributed by atoms with Gasteiger partial charge in [0.15, 0.2) is 6.29 Å². The highest BCUT2D eigenvalue weighted by atomic mass is 16.6. The van der Waals surface area contributed by atoms with Gasteiger partial charge in [-0.3, -0.25) is 0 Å². The first kappa shape index (κ1) is 14.3. The van der Waals surface area contributed by atoms with E-state index in [2.05, 4.69) is 0 Å². The number of amides is 1. The summed E-state index contributed by atoms with van der Waals surface area (Å²) in [7, 11) is 0. The molecule has 0 radical (unpaired) electrons. The van der Waals surface area contributed by atoms with Crippen LogP contribution in [0.3, 0.4) is 0 Å². The van der Waals surface area contributed by atoms with Crippen molar-refractivity contribution < 1.29 is 19.7 Å². The Bertz CT molecular complexity index is 597. The summed E-state index contributed by atoms with van der Waals surface area (Å²) < 4.78 is 5.05. The average Bonchev–Trinajstić information content (AvgIpc) is 2.42. The first-order valence-electron chi connectivity index (χ1n) is 6.37. The predicted molar refractivity (Wildman–Crippen MR) is 74.8 cm³/mol. The third-order valence-corrected chi connectivity index (χ3v) is 3.09. The SMILES string of the molecule is NC(=O)OC(CCC(O)O)c1ccc2ccccc2c1. The van der Waals surface area contributed by atoms with Gasteiger partial charge >= 0.3 is 6.09 Å². The van der Waals surface area contributed by atoms with Crippen molar-refractivity contribution >= 4 is 16.9 Å². The molecule has 20 heavy (non-hydrogen) atoms. The molecular weight excluding hydrogens is 258 g/mol. The van der Waals surface area contributed by atoms with Gasteiger partial charge in [0.1, 0.15) is 6.10 Å². The minimum Gasteiger partial charge on any atom is -0.442 e. The Kier molecular flexibility index (Phi) is 4.55. The topological polar surface area (TPSA) is 92.8 Å². The number of primary amides is 1. The Morgan fingerprint density at radius 2 is 1.80 bits per heavy atom. The number of benzene rings is 2. The quantitative estimate of drug-likeness (QED) is 0.728. The van der Waals surface area contributed by atoms with Crippen LogP contribution in [0.15, 0.2) is 42.5 Å². The number of rotatable bonds is 5. The van der Waals surface area contributed by atoms with Crippen molar-refractivity contribution in [3.8, 4) is 0 Å². The summed E-state index contributed by atoms with van der Waals surface area (Å²) in [6.45, 7) is 0. The van der Waals surface area contributed by atoms with Crippen LogP contribution in [0.4, 0.5) is 4.79 Å². The Hall–Kier alpha value is -2.11. The van der Waals surface area contributed by atoms with E-state index in [9.17, 15) is 4.79 Å². The third kappa shape index (κ3) is 3.69. The van der Waals surface area contributed by atoms with Crippen LogP contribution in [0.5, 0.6) is 0 Å². The summed E-state index contributed by atoms with van der Waals surface area (Å²) >= 11 is 0. The number of nitrogens with two attached hydrogens (primary N) is 1. The molecule has 0 heterocycles. The van der Waals surface area contributed by atoms with Gasteiger partial charge in [0.2, 0.25) is 0 Å². The lowest BCUT2D eigenvalue weighted by atomic mass is 10.0. The molecule has 5 nitrogen and oxygen atoms in total. The number of fused-ring (bicyclic) bond motifs is 1. The molecule has 0 fully saturated rings. The van der Waals surface area contributed by atoms with E-state index in [-0.39, 0.29) is 6.42 Å². The number of aliphatic hydroxyl groups is 2. The molecule has 1 amide bonds. The maximum absolute atomic E-state index is 11.0. The molecule has 106 valence electrons. The number of ether oxygens (including phenoxy) is 1. The van der Waals surface area contributed by atoms with E-state index in [4.69, 9.17) is 20.7 Å². The highest BCUT2D eigenvalue weighted by molar-refractivity contribution is 5.83. The number of carbonyl (C=O) groups is 1. The zero-order chi connectivity index (χ0) is 14.5. The van der Waals surface area contributed by atoms with E-state index in [0.717, 1.165) is 16.3 Å². The van der Waals surface area contributed by atoms with E-state index in [1.54, 1.807) is 0 Å². The van der Waals surface area contributed by atoms with Crippen molar-refractivity contribution in [1.82, 2.24) is 0 Å². The van der Waals surface area contributed by atoms with Crippen LogP contribution in [-0.2, 0) is 4.74 Å². The van der Waals surface area contributed by atoms with Gasteiger partial charge in [0.05, 0.1) is 0 Å². The van der Waals surface area contributed by atoms with Gasteiger partial charge in [-0.2, -0.15) is 0 Å². The van der Waals surface area contributed by atoms with Crippen molar-refractivity contribution in [2.75, 3.05) is 0 Å². The van der Waals surface area contributed by atoms with Gasteiger partial charge in [-0.15, -0.1) is 0 Å². The van der Waals surface area contributed by atoms with Gasteiger partial charge in [0, 0.05) is 6.42 Å². The molecule has 2 aromatic rings. The molecule has 5 heteroatoms. The molecule has 2 aromatic carbocycles. The first-order chi connectivity index (χ1) is 9.56. The summed E-state index contributed by atoms with van der Waals surface area (Å²) in [6, 6.07) is 13.5. The fraction of sp³-hybridized carbons (Fsp3) is 0.267. The lowest BCUT2D eigenvalue weighted by Gasteiger charge is -2.18. The smallest absolute Gasteiger partial charge is 0.405 e. The zero-order valence-electron chi connectivity index (χ0n) is 10.9. The van der Waals surface area contributed by atoms with Crippen molar-refractivity contribution in [3.05, 3.63) is 48.0 Å². The van der Waals surface area contributed by atoms with E-state index in [0.29, 0.717) is 6.42 Å². The number of carbonyl (C=O) groups excluding carboxylic acids is 1. The van der Waals surface area contributed by atoms with Crippen LogP contribution >= 0.6 is 0 Å². The third-order valence-electron chi connectivity index (χ3n) is 3.09. The second kappa shape index (κ2) is 6.36.